The minimum absolute atomic E-state index is 0.118. The Kier molecular flexibility index (Phi) is 7.96. The van der Waals surface area contributed by atoms with Crippen LogP contribution < -0.4 is 15.2 Å². The monoisotopic (exact) mass is 548 g/mol. The van der Waals surface area contributed by atoms with Crippen LogP contribution in [0.4, 0.5) is 5.69 Å². The number of aromatic nitrogens is 1. The van der Waals surface area contributed by atoms with Crippen molar-refractivity contribution in [1.82, 2.24) is 4.98 Å². The van der Waals surface area contributed by atoms with Gasteiger partial charge in [-0.1, -0.05) is 6.07 Å². The number of H-pyrrole nitrogens is 1. The van der Waals surface area contributed by atoms with Crippen LogP contribution in [0.2, 0.25) is 0 Å². The molecule has 1 aliphatic heterocycles. The van der Waals surface area contributed by atoms with Crippen molar-refractivity contribution in [2.75, 3.05) is 51.0 Å². The lowest BCUT2D eigenvalue weighted by molar-refractivity contribution is -0.944. The van der Waals surface area contributed by atoms with Crippen LogP contribution in [-0.2, 0) is 9.53 Å². The minimum atomic E-state index is -0.515. The maximum absolute atomic E-state index is 12.6. The van der Waals surface area contributed by atoms with Crippen LogP contribution in [0, 0.1) is 5.41 Å². The van der Waals surface area contributed by atoms with E-state index in [-0.39, 0.29) is 11.5 Å². The summed E-state index contributed by atoms with van der Waals surface area (Å²) in [4.78, 5) is 29.6. The normalized spacial score (nSPS) is 15.5. The molecule has 3 heterocycles. The smallest absolute Gasteiger partial charge is 0.315 e. The molecule has 0 atom stereocenters. The molecule has 0 unspecified atom stereocenters. The van der Waals surface area contributed by atoms with Crippen molar-refractivity contribution in [3.63, 3.8) is 0 Å². The van der Waals surface area contributed by atoms with Gasteiger partial charge in [0.1, 0.15) is 5.75 Å². The lowest BCUT2D eigenvalue weighted by atomic mass is 9.97. The number of carbonyl (C=O) groups excluding carboxylic acids is 1. The Balaban J connectivity index is 1.19. The number of unbranched alkanes of at least 4 members (excludes halogenated alkanes) is 1. The first-order valence-corrected chi connectivity index (χ1v) is 14.6. The van der Waals surface area contributed by atoms with Crippen molar-refractivity contribution in [2.24, 2.45) is 5.41 Å². The summed E-state index contributed by atoms with van der Waals surface area (Å²) in [6.07, 6.45) is 1.87. The van der Waals surface area contributed by atoms with Crippen molar-refractivity contribution < 1.29 is 18.8 Å². The fourth-order valence-electron chi connectivity index (χ4n) is 5.17. The summed E-state index contributed by atoms with van der Waals surface area (Å²) < 4.78 is 14.0. The van der Waals surface area contributed by atoms with Crippen LogP contribution in [0.15, 0.2) is 64.8 Å². The first kappa shape index (κ1) is 27.2. The number of carbonyl (C=O) groups is 1. The number of hydrogen-bond acceptors (Lipinski definition) is 6. The van der Waals surface area contributed by atoms with Gasteiger partial charge in [0, 0.05) is 27.9 Å². The zero-order valence-electron chi connectivity index (χ0n) is 23.1. The molecule has 0 aliphatic carbocycles. The quantitative estimate of drug-likeness (QED) is 0.163. The Morgan fingerprint density at radius 2 is 1.85 bits per heavy atom. The lowest BCUT2D eigenvalue weighted by Gasteiger charge is -2.45. The third-order valence-electron chi connectivity index (χ3n) is 7.58. The van der Waals surface area contributed by atoms with Gasteiger partial charge in [-0.05, 0) is 80.8 Å². The van der Waals surface area contributed by atoms with Crippen molar-refractivity contribution >= 4 is 44.0 Å². The highest BCUT2D eigenvalue weighted by Gasteiger charge is 2.35. The molecule has 2 aromatic carbocycles. The number of ether oxygens (including phenoxy) is 2. The highest BCUT2D eigenvalue weighted by atomic mass is 32.1. The summed E-state index contributed by atoms with van der Waals surface area (Å²) >= 11 is 1.78. The molecule has 1 aliphatic rings. The van der Waals surface area contributed by atoms with Crippen LogP contribution in [0.1, 0.15) is 33.6 Å². The zero-order valence-corrected chi connectivity index (χ0v) is 23.9. The maximum Gasteiger partial charge on any atom is 0.315 e. The molecule has 1 N–H and O–H groups in total. The molecule has 206 valence electrons. The minimum Gasteiger partial charge on any atom is -0.494 e. The molecule has 0 saturated carbocycles. The van der Waals surface area contributed by atoms with Crippen LogP contribution in [-0.4, -0.2) is 61.5 Å². The molecule has 0 amide bonds. The van der Waals surface area contributed by atoms with Gasteiger partial charge in [-0.2, -0.15) is 0 Å². The number of fused-ring (bicyclic) bond motifs is 2. The molecular weight excluding hydrogens is 510 g/mol. The van der Waals surface area contributed by atoms with E-state index in [1.807, 2.05) is 45.0 Å². The van der Waals surface area contributed by atoms with E-state index in [4.69, 9.17) is 9.47 Å². The predicted molar refractivity (Wildman–Crippen MR) is 159 cm³/mol. The van der Waals surface area contributed by atoms with Crippen LogP contribution >= 0.6 is 11.3 Å². The van der Waals surface area contributed by atoms with Crippen molar-refractivity contribution in [3.05, 3.63) is 70.3 Å². The van der Waals surface area contributed by atoms with Crippen molar-refractivity contribution in [2.45, 2.75) is 33.6 Å². The molecule has 8 heteroatoms. The SMILES string of the molecule is CC(C)(C)C(=O)OC[N+]1(CCCCOc2ccc3ccc(=O)[nH]c3c2)CCN(c2cccc3sccc23)CC1. The molecule has 1 fully saturated rings. The first-order valence-electron chi connectivity index (χ1n) is 13.7. The number of hydrogen-bond donors (Lipinski definition) is 1. The van der Waals surface area contributed by atoms with Crippen LogP contribution in [0.25, 0.3) is 21.0 Å². The van der Waals surface area contributed by atoms with Crippen LogP contribution in [0.3, 0.4) is 0 Å². The second-order valence-electron chi connectivity index (χ2n) is 11.5. The summed E-state index contributed by atoms with van der Waals surface area (Å²) in [7, 11) is 0. The van der Waals surface area contributed by atoms with E-state index in [0.717, 1.165) is 66.7 Å². The second kappa shape index (κ2) is 11.4. The largest absolute Gasteiger partial charge is 0.494 e. The van der Waals surface area contributed by atoms with Gasteiger partial charge in [0.15, 0.2) is 0 Å². The molecule has 7 nitrogen and oxygen atoms in total. The standard InChI is InChI=1S/C31H37N3O4S/c1-31(2,3)30(36)38-22-34(17-14-33(15-18-34)27-7-6-8-28-25(27)13-20-39-28)16-4-5-19-37-24-11-9-23-10-12-29(35)32-26(23)21-24/h6-13,20-21H,4-5,14-19,22H2,1-3H3/p+1. The number of aromatic amines is 1. The van der Waals surface area contributed by atoms with Gasteiger partial charge in [0.2, 0.25) is 12.3 Å². The van der Waals surface area contributed by atoms with E-state index in [1.165, 1.54) is 21.8 Å². The lowest BCUT2D eigenvalue weighted by Crippen LogP contribution is -2.61. The van der Waals surface area contributed by atoms with Crippen LogP contribution in [0.5, 0.6) is 5.75 Å². The van der Waals surface area contributed by atoms with E-state index in [1.54, 1.807) is 11.3 Å². The predicted octanol–water partition coefficient (Wildman–Crippen LogP) is 5.79. The van der Waals surface area contributed by atoms with E-state index in [0.29, 0.717) is 13.3 Å². The summed E-state index contributed by atoms with van der Waals surface area (Å²) in [5, 5.41) is 4.45. The van der Waals surface area contributed by atoms with Gasteiger partial charge in [-0.15, -0.1) is 11.3 Å². The van der Waals surface area contributed by atoms with Gasteiger partial charge >= 0.3 is 5.97 Å². The number of benzene rings is 2. The Bertz CT molecular complexity index is 1500. The molecule has 2 aromatic heterocycles. The number of anilines is 1. The summed E-state index contributed by atoms with van der Waals surface area (Å²) in [6, 6.07) is 17.9. The number of esters is 1. The average Bonchev–Trinajstić information content (AvgIpc) is 3.41. The Morgan fingerprint density at radius 1 is 1.05 bits per heavy atom. The zero-order chi connectivity index (χ0) is 27.5. The molecule has 1 saturated heterocycles. The molecular formula is C31H38N3O4S+. The van der Waals surface area contributed by atoms with Crippen molar-refractivity contribution in [1.29, 1.82) is 0 Å². The van der Waals surface area contributed by atoms with Gasteiger partial charge in [0.05, 0.1) is 50.3 Å². The fourth-order valence-corrected chi connectivity index (χ4v) is 5.98. The average molecular weight is 549 g/mol. The Morgan fingerprint density at radius 3 is 2.64 bits per heavy atom. The van der Waals surface area contributed by atoms with Gasteiger partial charge in [0.25, 0.3) is 0 Å². The van der Waals surface area contributed by atoms with E-state index >= 15 is 0 Å². The number of nitrogens with one attached hydrogen (secondary N) is 1. The third kappa shape index (κ3) is 6.45. The Labute approximate surface area is 233 Å². The highest BCUT2D eigenvalue weighted by Crippen LogP contribution is 2.32. The third-order valence-corrected chi connectivity index (χ3v) is 8.46. The van der Waals surface area contributed by atoms with Gasteiger partial charge < -0.3 is 19.4 Å². The van der Waals surface area contributed by atoms with Crippen molar-refractivity contribution in [3.8, 4) is 5.75 Å². The molecule has 0 radical (unpaired) electrons. The number of piperazine rings is 1. The van der Waals surface area contributed by atoms with Gasteiger partial charge in [-0.3, -0.25) is 14.1 Å². The topological polar surface area (TPSA) is 71.6 Å². The number of thiophene rings is 1. The second-order valence-corrected chi connectivity index (χ2v) is 12.5. The highest BCUT2D eigenvalue weighted by molar-refractivity contribution is 7.17. The summed E-state index contributed by atoms with van der Waals surface area (Å²) in [6.45, 7) is 11.3. The Hall–Kier alpha value is -3.36. The maximum atomic E-state index is 12.6. The number of pyridine rings is 1. The molecule has 0 bridgehead atoms. The summed E-state index contributed by atoms with van der Waals surface area (Å²) in [5.74, 6) is 0.603. The van der Waals surface area contributed by atoms with E-state index in [2.05, 4.69) is 39.5 Å². The van der Waals surface area contributed by atoms with E-state index in [9.17, 15) is 9.59 Å². The van der Waals surface area contributed by atoms with Gasteiger partial charge in [-0.25, -0.2) is 0 Å². The number of nitrogens with zero attached hydrogens (tertiary/aromatic N) is 2. The molecule has 5 rings (SSSR count). The molecule has 4 aromatic rings. The summed E-state index contributed by atoms with van der Waals surface area (Å²) in [5.41, 5.74) is 1.44. The molecule has 0 spiro atoms. The molecule has 39 heavy (non-hydrogen) atoms. The van der Waals surface area contributed by atoms with E-state index < -0.39 is 5.41 Å². The number of quaternary nitrogens is 1. The fraction of sp³-hybridized carbons (Fsp3) is 0.419. The number of rotatable bonds is 9. The first-order chi connectivity index (χ1) is 18.7.